The lowest BCUT2D eigenvalue weighted by Gasteiger charge is -2.35. The molecule has 1 amide bonds. The molecular weight excluding hydrogens is 316 g/mol. The highest BCUT2D eigenvalue weighted by molar-refractivity contribution is 8.13. The van der Waals surface area contributed by atoms with Crippen LogP contribution in [0.2, 0.25) is 0 Å². The van der Waals surface area contributed by atoms with Gasteiger partial charge in [-0.15, -0.1) is 0 Å². The Morgan fingerprint density at radius 2 is 1.71 bits per heavy atom. The number of ether oxygens (including phenoxy) is 1. The Hall–Kier alpha value is -0.530. The van der Waals surface area contributed by atoms with E-state index < -0.39 is 14.7 Å². The van der Waals surface area contributed by atoms with Crippen molar-refractivity contribution in [3.8, 4) is 0 Å². The van der Waals surface area contributed by atoms with Crippen molar-refractivity contribution in [3.63, 3.8) is 0 Å². The monoisotopic (exact) mass is 340 g/mol. The maximum Gasteiger partial charge on any atom is 0.410 e. The fourth-order valence-corrected chi connectivity index (χ4v) is 2.97. The first-order chi connectivity index (χ1) is 9.57. The molecule has 1 fully saturated rings. The van der Waals surface area contributed by atoms with Gasteiger partial charge in [0.05, 0.1) is 5.75 Å². The molecule has 0 saturated carbocycles. The van der Waals surface area contributed by atoms with Crippen LogP contribution in [0.5, 0.6) is 0 Å². The SMILES string of the molecule is CC(C)(C)OC(=O)N1CCN(CCCCS(=O)(=O)Cl)CC1. The number of rotatable bonds is 5. The average Bonchev–Trinajstić information content (AvgIpc) is 2.32. The van der Waals surface area contributed by atoms with E-state index in [0.29, 0.717) is 19.5 Å². The van der Waals surface area contributed by atoms with E-state index in [0.717, 1.165) is 26.1 Å². The van der Waals surface area contributed by atoms with Gasteiger partial charge >= 0.3 is 6.09 Å². The molecule has 124 valence electrons. The molecule has 0 aromatic carbocycles. The molecule has 0 N–H and O–H groups in total. The second-order valence-electron chi connectivity index (χ2n) is 6.26. The van der Waals surface area contributed by atoms with E-state index in [-0.39, 0.29) is 11.8 Å². The van der Waals surface area contributed by atoms with Gasteiger partial charge in [0.15, 0.2) is 0 Å². The first-order valence-electron chi connectivity index (χ1n) is 7.19. The average molecular weight is 341 g/mol. The first-order valence-corrected chi connectivity index (χ1v) is 9.67. The standard InChI is InChI=1S/C13H25ClN2O4S/c1-13(2,3)20-12(17)16-9-7-15(8-10-16)6-4-5-11-21(14,18)19/h4-11H2,1-3H3. The minimum absolute atomic E-state index is 0.0203. The topological polar surface area (TPSA) is 66.9 Å². The van der Waals surface area contributed by atoms with Crippen molar-refractivity contribution in [1.82, 2.24) is 9.80 Å². The van der Waals surface area contributed by atoms with Crippen LogP contribution in [0, 0.1) is 0 Å². The largest absolute Gasteiger partial charge is 0.444 e. The van der Waals surface area contributed by atoms with Gasteiger partial charge in [-0.1, -0.05) is 0 Å². The Morgan fingerprint density at radius 3 is 2.19 bits per heavy atom. The van der Waals surface area contributed by atoms with Crippen molar-refractivity contribution < 1.29 is 17.9 Å². The maximum atomic E-state index is 11.9. The molecule has 21 heavy (non-hydrogen) atoms. The number of carbonyl (C=O) groups excluding carboxylic acids is 1. The Bertz CT molecular complexity index is 440. The molecule has 0 atom stereocenters. The van der Waals surface area contributed by atoms with Gasteiger partial charge in [-0.05, 0) is 40.2 Å². The number of amides is 1. The van der Waals surface area contributed by atoms with Crippen LogP contribution in [-0.2, 0) is 13.8 Å². The molecule has 0 radical (unpaired) electrons. The number of hydrogen-bond acceptors (Lipinski definition) is 5. The van der Waals surface area contributed by atoms with E-state index in [1.165, 1.54) is 0 Å². The zero-order chi connectivity index (χ0) is 16.1. The Labute approximate surface area is 131 Å². The van der Waals surface area contributed by atoms with Gasteiger partial charge in [-0.25, -0.2) is 13.2 Å². The first kappa shape index (κ1) is 18.5. The van der Waals surface area contributed by atoms with Crippen molar-refractivity contribution in [1.29, 1.82) is 0 Å². The van der Waals surface area contributed by atoms with Crippen molar-refractivity contribution in [2.24, 2.45) is 0 Å². The van der Waals surface area contributed by atoms with Crippen LogP contribution in [0.1, 0.15) is 33.6 Å². The lowest BCUT2D eigenvalue weighted by Crippen LogP contribution is -2.50. The minimum atomic E-state index is -3.38. The van der Waals surface area contributed by atoms with Crippen LogP contribution in [0.4, 0.5) is 4.79 Å². The predicted octanol–water partition coefficient (Wildman–Crippen LogP) is 1.89. The molecule has 1 aliphatic heterocycles. The Balaban J connectivity index is 2.22. The fourth-order valence-electron chi connectivity index (χ4n) is 2.09. The third kappa shape index (κ3) is 8.48. The summed E-state index contributed by atoms with van der Waals surface area (Å²) in [6.45, 7) is 9.24. The lowest BCUT2D eigenvalue weighted by molar-refractivity contribution is 0.0144. The number of nitrogens with zero attached hydrogens (tertiary/aromatic N) is 2. The highest BCUT2D eigenvalue weighted by Crippen LogP contribution is 2.12. The van der Waals surface area contributed by atoms with E-state index in [9.17, 15) is 13.2 Å². The maximum absolute atomic E-state index is 11.9. The van der Waals surface area contributed by atoms with Gasteiger partial charge in [0.1, 0.15) is 5.60 Å². The van der Waals surface area contributed by atoms with Gasteiger partial charge in [-0.3, -0.25) is 4.90 Å². The summed E-state index contributed by atoms with van der Waals surface area (Å²) < 4.78 is 27.0. The summed E-state index contributed by atoms with van der Waals surface area (Å²) in [6, 6.07) is 0. The highest BCUT2D eigenvalue weighted by Gasteiger charge is 2.25. The van der Waals surface area contributed by atoms with Gasteiger partial charge < -0.3 is 9.64 Å². The molecule has 0 aromatic rings. The molecule has 0 unspecified atom stereocenters. The van der Waals surface area contributed by atoms with Crippen molar-refractivity contribution in [3.05, 3.63) is 0 Å². The highest BCUT2D eigenvalue weighted by atomic mass is 35.7. The molecule has 0 aliphatic carbocycles. The number of carbonyl (C=O) groups is 1. The van der Waals surface area contributed by atoms with Crippen molar-refractivity contribution >= 4 is 25.8 Å². The molecule has 0 aromatic heterocycles. The second kappa shape index (κ2) is 7.65. The van der Waals surface area contributed by atoms with Crippen LogP contribution in [0.25, 0.3) is 0 Å². The Kier molecular flexibility index (Phi) is 6.74. The van der Waals surface area contributed by atoms with Crippen LogP contribution < -0.4 is 0 Å². The van der Waals surface area contributed by atoms with Crippen molar-refractivity contribution in [2.75, 3.05) is 38.5 Å². The molecule has 1 rings (SSSR count). The quantitative estimate of drug-likeness (QED) is 0.564. The smallest absolute Gasteiger partial charge is 0.410 e. The van der Waals surface area contributed by atoms with Gasteiger partial charge in [-0.2, -0.15) is 0 Å². The third-order valence-corrected chi connectivity index (χ3v) is 4.38. The van der Waals surface area contributed by atoms with E-state index in [2.05, 4.69) is 4.90 Å². The second-order valence-corrected chi connectivity index (χ2v) is 9.16. The van der Waals surface area contributed by atoms with Gasteiger partial charge in [0.25, 0.3) is 0 Å². The molecular formula is C13H25ClN2O4S. The van der Waals surface area contributed by atoms with Gasteiger partial charge in [0, 0.05) is 36.9 Å². The molecule has 0 bridgehead atoms. The summed E-state index contributed by atoms with van der Waals surface area (Å²) in [5.74, 6) is 0.0203. The van der Waals surface area contributed by atoms with Gasteiger partial charge in [0.2, 0.25) is 9.05 Å². The molecule has 8 heteroatoms. The zero-order valence-corrected chi connectivity index (χ0v) is 14.5. The van der Waals surface area contributed by atoms with Crippen molar-refractivity contribution in [2.45, 2.75) is 39.2 Å². The van der Waals surface area contributed by atoms with E-state index >= 15 is 0 Å². The summed E-state index contributed by atoms with van der Waals surface area (Å²) in [5.41, 5.74) is -0.471. The fraction of sp³-hybridized carbons (Fsp3) is 0.923. The molecule has 1 aliphatic rings. The van der Waals surface area contributed by atoms with Crippen LogP contribution >= 0.6 is 10.7 Å². The molecule has 1 heterocycles. The Morgan fingerprint density at radius 1 is 1.14 bits per heavy atom. The summed E-state index contributed by atoms with van der Waals surface area (Å²) >= 11 is 0. The van der Waals surface area contributed by atoms with Crippen LogP contribution in [0.3, 0.4) is 0 Å². The van der Waals surface area contributed by atoms with E-state index in [1.807, 2.05) is 20.8 Å². The zero-order valence-electron chi connectivity index (χ0n) is 13.0. The van der Waals surface area contributed by atoms with Crippen LogP contribution in [0.15, 0.2) is 0 Å². The summed E-state index contributed by atoms with van der Waals surface area (Å²) in [5, 5.41) is 0. The molecule has 6 nitrogen and oxygen atoms in total. The predicted molar refractivity (Wildman–Crippen MR) is 83.1 cm³/mol. The summed E-state index contributed by atoms with van der Waals surface area (Å²) in [7, 11) is 1.78. The molecule has 1 saturated heterocycles. The summed E-state index contributed by atoms with van der Waals surface area (Å²) in [6.07, 6.45) is 1.09. The normalized spacial score (nSPS) is 17.8. The van der Waals surface area contributed by atoms with Crippen LogP contribution in [-0.4, -0.2) is 68.4 Å². The minimum Gasteiger partial charge on any atom is -0.444 e. The third-order valence-electron chi connectivity index (χ3n) is 3.14. The van der Waals surface area contributed by atoms with E-state index in [1.54, 1.807) is 4.90 Å². The lowest BCUT2D eigenvalue weighted by atomic mass is 10.2. The molecule has 0 spiro atoms. The number of hydrogen-bond donors (Lipinski definition) is 0. The summed E-state index contributed by atoms with van der Waals surface area (Å²) in [4.78, 5) is 15.8. The number of unbranched alkanes of at least 4 members (excludes halogenated alkanes) is 1. The van der Waals surface area contributed by atoms with E-state index in [4.69, 9.17) is 15.4 Å². The number of halogens is 1. The number of piperazine rings is 1.